The molecular formula is C16H26N2S. The van der Waals surface area contributed by atoms with Crippen molar-refractivity contribution in [1.29, 1.82) is 0 Å². The van der Waals surface area contributed by atoms with Gasteiger partial charge in [-0.05, 0) is 31.4 Å². The predicted molar refractivity (Wildman–Crippen MR) is 85.7 cm³/mol. The average Bonchev–Trinajstić information content (AvgIpc) is 2.39. The van der Waals surface area contributed by atoms with Crippen LogP contribution in [-0.4, -0.2) is 35.0 Å². The van der Waals surface area contributed by atoms with Crippen molar-refractivity contribution < 1.29 is 0 Å². The second-order valence-electron chi connectivity index (χ2n) is 5.93. The lowest BCUT2D eigenvalue weighted by atomic mass is 10.0. The Balaban J connectivity index is 2.14. The van der Waals surface area contributed by atoms with E-state index in [4.69, 9.17) is 5.73 Å². The molecule has 3 heteroatoms. The number of hydrogen-bond acceptors (Lipinski definition) is 3. The summed E-state index contributed by atoms with van der Waals surface area (Å²) in [6.45, 7) is 9.82. The van der Waals surface area contributed by atoms with E-state index in [-0.39, 0.29) is 0 Å². The highest BCUT2D eigenvalue weighted by molar-refractivity contribution is 8.00. The van der Waals surface area contributed by atoms with Crippen molar-refractivity contribution >= 4 is 11.8 Å². The maximum Gasteiger partial charge on any atom is 0.0471 e. The van der Waals surface area contributed by atoms with E-state index >= 15 is 0 Å². The average molecular weight is 278 g/mol. The molecule has 0 aromatic heterocycles. The third kappa shape index (κ3) is 3.74. The largest absolute Gasteiger partial charge is 0.329 e. The van der Waals surface area contributed by atoms with E-state index < -0.39 is 0 Å². The molecule has 106 valence electrons. The van der Waals surface area contributed by atoms with Crippen molar-refractivity contribution in [2.45, 2.75) is 38.0 Å². The summed E-state index contributed by atoms with van der Waals surface area (Å²) in [5.41, 5.74) is 8.81. The Morgan fingerprint density at radius 2 is 2.00 bits per heavy atom. The first-order chi connectivity index (χ1) is 9.05. The molecule has 0 spiro atoms. The van der Waals surface area contributed by atoms with Crippen molar-refractivity contribution in [3.8, 4) is 0 Å². The molecule has 0 bridgehead atoms. The molecule has 0 saturated carbocycles. The molecule has 1 saturated heterocycles. The van der Waals surface area contributed by atoms with Crippen molar-refractivity contribution in [3.05, 3.63) is 35.4 Å². The van der Waals surface area contributed by atoms with Gasteiger partial charge < -0.3 is 5.73 Å². The van der Waals surface area contributed by atoms with Crippen LogP contribution in [0.2, 0.25) is 0 Å². The Bertz CT molecular complexity index is 400. The normalized spacial score (nSPS) is 21.3. The molecular weight excluding hydrogens is 252 g/mol. The van der Waals surface area contributed by atoms with Crippen LogP contribution in [0.1, 0.15) is 37.9 Å². The molecule has 1 unspecified atom stereocenters. The summed E-state index contributed by atoms with van der Waals surface area (Å²) in [6.07, 6.45) is 1.10. The summed E-state index contributed by atoms with van der Waals surface area (Å²) >= 11 is 2.07. The standard InChI is InChI=1S/C16H26N2S/c1-4-13-5-7-14(8-6-13)15(11-17)18-9-10-19-16(2,3)12-18/h5-8,15H,4,9-12,17H2,1-3H3. The van der Waals surface area contributed by atoms with Crippen molar-refractivity contribution in [3.63, 3.8) is 0 Å². The smallest absolute Gasteiger partial charge is 0.0471 e. The van der Waals surface area contributed by atoms with Crippen LogP contribution in [0.3, 0.4) is 0 Å². The molecule has 1 fully saturated rings. The molecule has 1 atom stereocenters. The molecule has 2 N–H and O–H groups in total. The van der Waals surface area contributed by atoms with E-state index in [1.807, 2.05) is 0 Å². The SMILES string of the molecule is CCc1ccc(C(CN)N2CCSC(C)(C)C2)cc1. The number of aryl methyl sites for hydroxylation is 1. The van der Waals surface area contributed by atoms with E-state index in [1.54, 1.807) is 0 Å². The maximum atomic E-state index is 6.05. The van der Waals surface area contributed by atoms with Gasteiger partial charge in [-0.3, -0.25) is 4.90 Å². The number of nitrogens with two attached hydrogens (primary N) is 1. The lowest BCUT2D eigenvalue weighted by Crippen LogP contribution is -2.46. The van der Waals surface area contributed by atoms with Crippen LogP contribution in [0.15, 0.2) is 24.3 Å². The molecule has 1 aliphatic rings. The topological polar surface area (TPSA) is 29.3 Å². The molecule has 0 radical (unpaired) electrons. The number of thioether (sulfide) groups is 1. The third-order valence-corrected chi connectivity index (χ3v) is 5.19. The van der Waals surface area contributed by atoms with Gasteiger partial charge in [-0.25, -0.2) is 0 Å². The lowest BCUT2D eigenvalue weighted by molar-refractivity contribution is 0.192. The first-order valence-electron chi connectivity index (χ1n) is 7.22. The monoisotopic (exact) mass is 278 g/mol. The first-order valence-corrected chi connectivity index (χ1v) is 8.21. The quantitative estimate of drug-likeness (QED) is 0.918. The minimum absolute atomic E-state index is 0.342. The highest BCUT2D eigenvalue weighted by atomic mass is 32.2. The summed E-state index contributed by atoms with van der Waals surface area (Å²) in [6, 6.07) is 9.35. The Kier molecular flexibility index (Phi) is 4.93. The van der Waals surface area contributed by atoms with E-state index in [0.717, 1.165) is 19.5 Å². The van der Waals surface area contributed by atoms with Gasteiger partial charge in [0.2, 0.25) is 0 Å². The van der Waals surface area contributed by atoms with Crippen LogP contribution >= 0.6 is 11.8 Å². The number of benzene rings is 1. The summed E-state index contributed by atoms with van der Waals surface area (Å²) in [7, 11) is 0. The summed E-state index contributed by atoms with van der Waals surface area (Å²) in [4.78, 5) is 2.55. The zero-order valence-corrected chi connectivity index (χ0v) is 13.2. The van der Waals surface area contributed by atoms with E-state index in [9.17, 15) is 0 Å². The molecule has 2 rings (SSSR count). The van der Waals surface area contributed by atoms with E-state index in [0.29, 0.717) is 17.3 Å². The highest BCUT2D eigenvalue weighted by Gasteiger charge is 2.31. The molecule has 1 aromatic rings. The summed E-state index contributed by atoms with van der Waals surface area (Å²) in [5.74, 6) is 1.20. The third-order valence-electron chi connectivity index (χ3n) is 3.89. The zero-order chi connectivity index (χ0) is 13.9. The van der Waals surface area contributed by atoms with Gasteiger partial charge in [0.1, 0.15) is 0 Å². The van der Waals surface area contributed by atoms with E-state index in [1.165, 1.54) is 16.9 Å². The molecule has 2 nitrogen and oxygen atoms in total. The van der Waals surface area contributed by atoms with Gasteiger partial charge in [0.15, 0.2) is 0 Å². The highest BCUT2D eigenvalue weighted by Crippen LogP contribution is 2.33. The maximum absolute atomic E-state index is 6.05. The molecule has 1 aliphatic heterocycles. The number of hydrogen-bond donors (Lipinski definition) is 1. The minimum Gasteiger partial charge on any atom is -0.329 e. The molecule has 1 heterocycles. The van der Waals surface area contributed by atoms with Crippen LogP contribution < -0.4 is 5.73 Å². The Morgan fingerprint density at radius 3 is 2.53 bits per heavy atom. The fraction of sp³-hybridized carbons (Fsp3) is 0.625. The van der Waals surface area contributed by atoms with Crippen LogP contribution in [0, 0.1) is 0 Å². The van der Waals surface area contributed by atoms with Crippen molar-refractivity contribution in [1.82, 2.24) is 4.90 Å². The van der Waals surface area contributed by atoms with Gasteiger partial charge in [-0.2, -0.15) is 11.8 Å². The van der Waals surface area contributed by atoms with Gasteiger partial charge >= 0.3 is 0 Å². The van der Waals surface area contributed by atoms with Crippen molar-refractivity contribution in [2.75, 3.05) is 25.4 Å². The van der Waals surface area contributed by atoms with Crippen LogP contribution in [-0.2, 0) is 6.42 Å². The Labute approximate surface area is 121 Å². The van der Waals surface area contributed by atoms with Crippen LogP contribution in [0.25, 0.3) is 0 Å². The van der Waals surface area contributed by atoms with Gasteiger partial charge in [-0.1, -0.05) is 31.2 Å². The predicted octanol–water partition coefficient (Wildman–Crippen LogP) is 3.08. The van der Waals surface area contributed by atoms with Gasteiger partial charge in [0.25, 0.3) is 0 Å². The number of nitrogens with zero attached hydrogens (tertiary/aromatic N) is 1. The van der Waals surface area contributed by atoms with E-state index in [2.05, 4.69) is 61.7 Å². The Morgan fingerprint density at radius 1 is 1.32 bits per heavy atom. The fourth-order valence-electron chi connectivity index (χ4n) is 2.79. The fourth-order valence-corrected chi connectivity index (χ4v) is 3.93. The molecule has 19 heavy (non-hydrogen) atoms. The van der Waals surface area contributed by atoms with Crippen molar-refractivity contribution in [2.24, 2.45) is 5.73 Å². The number of rotatable bonds is 4. The van der Waals surface area contributed by atoms with Gasteiger partial charge in [-0.15, -0.1) is 0 Å². The lowest BCUT2D eigenvalue weighted by Gasteiger charge is -2.41. The van der Waals surface area contributed by atoms with Gasteiger partial charge in [0.05, 0.1) is 0 Å². The molecule has 0 amide bonds. The Hall–Kier alpha value is -0.510. The second kappa shape index (κ2) is 6.29. The first kappa shape index (κ1) is 14.9. The van der Waals surface area contributed by atoms with Crippen LogP contribution in [0.4, 0.5) is 0 Å². The van der Waals surface area contributed by atoms with Crippen LogP contribution in [0.5, 0.6) is 0 Å². The zero-order valence-electron chi connectivity index (χ0n) is 12.4. The molecule has 1 aromatic carbocycles. The summed E-state index contributed by atoms with van der Waals surface area (Å²) in [5, 5.41) is 0. The van der Waals surface area contributed by atoms with Gasteiger partial charge in [0, 0.05) is 36.2 Å². The molecule has 0 aliphatic carbocycles. The summed E-state index contributed by atoms with van der Waals surface area (Å²) < 4.78 is 0.342. The second-order valence-corrected chi connectivity index (χ2v) is 7.73. The minimum atomic E-state index is 0.342.